The van der Waals surface area contributed by atoms with Crippen molar-refractivity contribution in [2.45, 2.75) is 0 Å². The van der Waals surface area contributed by atoms with E-state index in [0.29, 0.717) is 0 Å². The summed E-state index contributed by atoms with van der Waals surface area (Å²) in [4.78, 5) is 15.4. The second-order valence-corrected chi connectivity index (χ2v) is 3.84. The number of nitrogens with one attached hydrogen (secondary N) is 1. The lowest BCUT2D eigenvalue weighted by Crippen LogP contribution is -2.09. The number of nitrogens with zero attached hydrogens (tertiary/aromatic N) is 1. The fourth-order valence-electron chi connectivity index (χ4n) is 1.59. The van der Waals surface area contributed by atoms with Crippen molar-refractivity contribution in [1.29, 1.82) is 0 Å². The molecular weight excluding hydrogens is 268 g/mol. The Morgan fingerprint density at radius 2 is 2.10 bits per heavy atom. The Kier molecular flexibility index (Phi) is 3.79. The third-order valence-electron chi connectivity index (χ3n) is 2.60. The van der Waals surface area contributed by atoms with Gasteiger partial charge in [-0.15, -0.1) is 0 Å². The van der Waals surface area contributed by atoms with Crippen LogP contribution in [0.25, 0.3) is 0 Å². The molecule has 0 atom stereocenters. The van der Waals surface area contributed by atoms with Crippen molar-refractivity contribution in [3.8, 4) is 0 Å². The van der Waals surface area contributed by atoms with Crippen LogP contribution < -0.4 is 11.1 Å². The van der Waals surface area contributed by atoms with E-state index < -0.39 is 17.6 Å². The topological polar surface area (TPSA) is 77.2 Å². The molecule has 0 aliphatic heterocycles. The summed E-state index contributed by atoms with van der Waals surface area (Å²) >= 11 is 0. The fourth-order valence-corrected chi connectivity index (χ4v) is 1.59. The first kappa shape index (κ1) is 13.7. The molecule has 0 spiro atoms. The second-order valence-electron chi connectivity index (χ2n) is 3.84. The van der Waals surface area contributed by atoms with E-state index in [1.807, 2.05) is 0 Å². The summed E-state index contributed by atoms with van der Waals surface area (Å²) in [5.74, 6) is -2.67. The molecule has 1 aromatic carbocycles. The lowest BCUT2D eigenvalue weighted by molar-refractivity contribution is 0.0602. The van der Waals surface area contributed by atoms with Crippen molar-refractivity contribution in [2.24, 2.45) is 0 Å². The maximum absolute atomic E-state index is 13.5. The molecule has 2 aromatic rings. The number of rotatable bonds is 3. The monoisotopic (exact) mass is 279 g/mol. The van der Waals surface area contributed by atoms with Crippen LogP contribution in [0.4, 0.5) is 26.0 Å². The number of methoxy groups -OCH3 is 1. The minimum Gasteiger partial charge on any atom is -0.465 e. The lowest BCUT2D eigenvalue weighted by atomic mass is 10.2. The predicted octanol–water partition coefficient (Wildman–Crippen LogP) is 2.47. The third-order valence-corrected chi connectivity index (χ3v) is 2.60. The Morgan fingerprint density at radius 1 is 1.35 bits per heavy atom. The largest absolute Gasteiger partial charge is 0.465 e. The Morgan fingerprint density at radius 3 is 2.80 bits per heavy atom. The van der Waals surface area contributed by atoms with Crippen molar-refractivity contribution in [3.05, 3.63) is 47.7 Å². The SMILES string of the molecule is COC(=O)c1ccnc(Nc2cccc(F)c2F)c1N. The molecule has 0 radical (unpaired) electrons. The zero-order chi connectivity index (χ0) is 14.7. The zero-order valence-corrected chi connectivity index (χ0v) is 10.5. The van der Waals surface area contributed by atoms with Crippen molar-refractivity contribution in [1.82, 2.24) is 4.98 Å². The highest BCUT2D eigenvalue weighted by atomic mass is 19.2. The van der Waals surface area contributed by atoms with Gasteiger partial charge >= 0.3 is 5.97 Å². The predicted molar refractivity (Wildman–Crippen MR) is 69.6 cm³/mol. The molecule has 2 rings (SSSR count). The Labute approximate surface area is 113 Å². The quantitative estimate of drug-likeness (QED) is 0.844. The Hall–Kier alpha value is -2.70. The average molecular weight is 279 g/mol. The molecule has 3 N–H and O–H groups in total. The van der Waals surface area contributed by atoms with Crippen LogP contribution in [0.3, 0.4) is 0 Å². The maximum atomic E-state index is 13.5. The highest BCUT2D eigenvalue weighted by Crippen LogP contribution is 2.26. The fraction of sp³-hybridized carbons (Fsp3) is 0.0769. The number of aromatic nitrogens is 1. The van der Waals surface area contributed by atoms with Gasteiger partial charge in [-0.2, -0.15) is 0 Å². The van der Waals surface area contributed by atoms with Gasteiger partial charge in [-0.25, -0.2) is 18.6 Å². The van der Waals surface area contributed by atoms with Crippen LogP contribution in [0.5, 0.6) is 0 Å². The van der Waals surface area contributed by atoms with E-state index in [1.165, 1.54) is 31.5 Å². The average Bonchev–Trinajstić information content (AvgIpc) is 2.45. The number of nitrogen functional groups attached to an aromatic ring is 1. The van der Waals surface area contributed by atoms with E-state index in [9.17, 15) is 13.6 Å². The first-order valence-electron chi connectivity index (χ1n) is 5.58. The highest BCUT2D eigenvalue weighted by molar-refractivity contribution is 5.97. The molecular formula is C13H11F2N3O2. The smallest absolute Gasteiger partial charge is 0.340 e. The first-order chi connectivity index (χ1) is 9.54. The number of pyridine rings is 1. The van der Waals surface area contributed by atoms with Gasteiger partial charge in [0.15, 0.2) is 17.5 Å². The van der Waals surface area contributed by atoms with E-state index >= 15 is 0 Å². The van der Waals surface area contributed by atoms with Gasteiger partial charge in [-0.3, -0.25) is 0 Å². The van der Waals surface area contributed by atoms with Gasteiger partial charge in [0.25, 0.3) is 0 Å². The van der Waals surface area contributed by atoms with Crippen molar-refractivity contribution >= 4 is 23.2 Å². The summed E-state index contributed by atoms with van der Waals surface area (Å²) in [6.45, 7) is 0. The summed E-state index contributed by atoms with van der Waals surface area (Å²) < 4.78 is 31.2. The summed E-state index contributed by atoms with van der Waals surface area (Å²) in [5, 5.41) is 2.54. The van der Waals surface area contributed by atoms with Crippen LogP contribution in [0.15, 0.2) is 30.5 Å². The molecule has 5 nitrogen and oxygen atoms in total. The van der Waals surface area contributed by atoms with E-state index in [0.717, 1.165) is 6.07 Å². The second kappa shape index (κ2) is 5.52. The van der Waals surface area contributed by atoms with E-state index in [-0.39, 0.29) is 22.8 Å². The number of halogens is 2. The summed E-state index contributed by atoms with van der Waals surface area (Å²) in [6.07, 6.45) is 1.31. The standard InChI is InChI=1S/C13H11F2N3O2/c1-20-13(19)7-5-6-17-12(11(7)16)18-9-4-2-3-8(14)10(9)15/h2-6H,16H2,1H3,(H,17,18). The molecule has 0 bridgehead atoms. The van der Waals surface area contributed by atoms with E-state index in [4.69, 9.17) is 5.73 Å². The minimum absolute atomic E-state index is 0.0111. The van der Waals surface area contributed by atoms with Crippen LogP contribution in [0.2, 0.25) is 0 Å². The minimum atomic E-state index is -1.06. The lowest BCUT2D eigenvalue weighted by Gasteiger charge is -2.11. The van der Waals surface area contributed by atoms with Crippen LogP contribution in [-0.4, -0.2) is 18.1 Å². The number of carbonyl (C=O) groups excluding carboxylic acids is 1. The van der Waals surface area contributed by atoms with Gasteiger partial charge in [-0.1, -0.05) is 6.07 Å². The Bertz CT molecular complexity index is 662. The number of ether oxygens (including phenoxy) is 1. The molecule has 0 unspecified atom stereocenters. The molecule has 1 heterocycles. The maximum Gasteiger partial charge on any atom is 0.340 e. The van der Waals surface area contributed by atoms with Gasteiger partial charge in [0.05, 0.1) is 24.0 Å². The number of anilines is 3. The molecule has 0 amide bonds. The molecule has 0 saturated heterocycles. The number of hydrogen-bond acceptors (Lipinski definition) is 5. The van der Waals surface area contributed by atoms with Gasteiger partial charge in [0.2, 0.25) is 0 Å². The van der Waals surface area contributed by atoms with Gasteiger partial charge in [-0.05, 0) is 18.2 Å². The summed E-state index contributed by atoms with van der Waals surface area (Å²) in [5.41, 5.74) is 5.69. The van der Waals surface area contributed by atoms with E-state index in [1.54, 1.807) is 0 Å². The van der Waals surface area contributed by atoms with Gasteiger partial charge in [0, 0.05) is 6.20 Å². The van der Waals surface area contributed by atoms with E-state index in [2.05, 4.69) is 15.0 Å². The number of esters is 1. The number of carbonyl (C=O) groups is 1. The van der Waals surface area contributed by atoms with Crippen LogP contribution in [0.1, 0.15) is 10.4 Å². The van der Waals surface area contributed by atoms with Gasteiger partial charge in [0.1, 0.15) is 0 Å². The summed E-state index contributed by atoms with van der Waals surface area (Å²) in [7, 11) is 1.21. The van der Waals surface area contributed by atoms with Crippen molar-refractivity contribution < 1.29 is 18.3 Å². The summed E-state index contributed by atoms with van der Waals surface area (Å²) in [6, 6.07) is 5.02. The molecule has 0 fully saturated rings. The molecule has 0 aliphatic carbocycles. The molecule has 104 valence electrons. The molecule has 7 heteroatoms. The van der Waals surface area contributed by atoms with Crippen LogP contribution in [0, 0.1) is 11.6 Å². The van der Waals surface area contributed by atoms with Crippen LogP contribution >= 0.6 is 0 Å². The zero-order valence-electron chi connectivity index (χ0n) is 10.5. The Balaban J connectivity index is 2.39. The first-order valence-corrected chi connectivity index (χ1v) is 5.58. The molecule has 20 heavy (non-hydrogen) atoms. The number of benzene rings is 1. The molecule has 0 aliphatic rings. The highest BCUT2D eigenvalue weighted by Gasteiger charge is 2.15. The van der Waals surface area contributed by atoms with Gasteiger partial charge < -0.3 is 15.8 Å². The normalized spacial score (nSPS) is 10.2. The van der Waals surface area contributed by atoms with Crippen LogP contribution in [-0.2, 0) is 4.74 Å². The number of nitrogens with two attached hydrogens (primary N) is 1. The number of hydrogen-bond donors (Lipinski definition) is 2. The molecule has 1 aromatic heterocycles. The third kappa shape index (κ3) is 2.51. The van der Waals surface area contributed by atoms with Crippen molar-refractivity contribution in [2.75, 3.05) is 18.2 Å². The molecule has 0 saturated carbocycles. The van der Waals surface area contributed by atoms with Crippen molar-refractivity contribution in [3.63, 3.8) is 0 Å².